The molecule has 0 aliphatic carbocycles. The lowest BCUT2D eigenvalue weighted by molar-refractivity contribution is 0.579. The molecule has 130 valence electrons. The maximum atomic E-state index is 11.3. The Kier molecular flexibility index (Phi) is 9.74. The third-order valence-corrected chi connectivity index (χ3v) is 5.40. The van der Waals surface area contributed by atoms with Gasteiger partial charge in [0.05, 0.1) is 5.75 Å². The fraction of sp³-hybridized carbons (Fsp3) is 0.533. The molecule has 0 fully saturated rings. The summed E-state index contributed by atoms with van der Waals surface area (Å²) < 4.78 is 25.1. The van der Waals surface area contributed by atoms with Crippen LogP contribution in [0, 0.1) is 0 Å². The van der Waals surface area contributed by atoms with Crippen LogP contribution >= 0.6 is 11.8 Å². The second-order valence-corrected chi connectivity index (χ2v) is 8.00. The van der Waals surface area contributed by atoms with E-state index in [2.05, 4.69) is 32.5 Å². The van der Waals surface area contributed by atoms with Crippen molar-refractivity contribution < 1.29 is 8.42 Å². The highest BCUT2D eigenvalue weighted by Gasteiger charge is 2.04. The maximum Gasteiger partial charge on any atom is 0.211 e. The summed E-state index contributed by atoms with van der Waals surface area (Å²) in [6.45, 7) is 3.53. The van der Waals surface area contributed by atoms with Crippen LogP contribution in [0.15, 0.2) is 40.2 Å². The monoisotopic (exact) mass is 358 g/mol. The van der Waals surface area contributed by atoms with E-state index < -0.39 is 10.0 Å². The van der Waals surface area contributed by atoms with E-state index in [0.717, 1.165) is 18.3 Å². The number of hydrogen-bond acceptors (Lipinski definition) is 4. The van der Waals surface area contributed by atoms with Gasteiger partial charge in [-0.2, -0.15) is 0 Å². The van der Waals surface area contributed by atoms with Gasteiger partial charge in [-0.05, 0) is 25.5 Å². The van der Waals surface area contributed by atoms with Gasteiger partial charge in [-0.3, -0.25) is 4.99 Å². The van der Waals surface area contributed by atoms with E-state index in [-0.39, 0.29) is 5.75 Å². The summed E-state index contributed by atoms with van der Waals surface area (Å²) in [5.74, 6) is 1.79. The number of rotatable bonds is 10. The molecule has 0 unspecified atom stereocenters. The van der Waals surface area contributed by atoms with Crippen LogP contribution in [0.2, 0.25) is 0 Å². The number of thioether (sulfide) groups is 1. The second-order valence-electron chi connectivity index (χ2n) is 4.74. The van der Waals surface area contributed by atoms with Crippen LogP contribution in [0.1, 0.15) is 13.3 Å². The predicted octanol–water partition coefficient (Wildman–Crippen LogP) is 1.27. The van der Waals surface area contributed by atoms with Gasteiger partial charge in [-0.25, -0.2) is 13.1 Å². The molecule has 0 aliphatic rings. The van der Waals surface area contributed by atoms with E-state index in [9.17, 15) is 8.42 Å². The Morgan fingerprint density at radius 2 is 1.83 bits per heavy atom. The van der Waals surface area contributed by atoms with Crippen LogP contribution in [0.25, 0.3) is 0 Å². The Hall–Kier alpha value is -1.25. The van der Waals surface area contributed by atoms with Crippen molar-refractivity contribution in [2.75, 3.05) is 38.2 Å². The van der Waals surface area contributed by atoms with Crippen LogP contribution in [0.4, 0.5) is 0 Å². The highest BCUT2D eigenvalue weighted by atomic mass is 32.2. The average Bonchev–Trinajstić information content (AvgIpc) is 2.57. The van der Waals surface area contributed by atoms with E-state index in [1.54, 1.807) is 25.7 Å². The largest absolute Gasteiger partial charge is 0.356 e. The van der Waals surface area contributed by atoms with E-state index in [1.165, 1.54) is 4.90 Å². The number of hydrogen-bond donors (Lipinski definition) is 3. The van der Waals surface area contributed by atoms with E-state index >= 15 is 0 Å². The van der Waals surface area contributed by atoms with Gasteiger partial charge in [0.25, 0.3) is 0 Å². The minimum absolute atomic E-state index is 0.114. The molecule has 0 saturated carbocycles. The van der Waals surface area contributed by atoms with Crippen molar-refractivity contribution in [2.24, 2.45) is 4.99 Å². The molecule has 0 aromatic heterocycles. The van der Waals surface area contributed by atoms with Crippen molar-refractivity contribution in [3.8, 4) is 0 Å². The summed E-state index contributed by atoms with van der Waals surface area (Å²) in [5.41, 5.74) is 0. The van der Waals surface area contributed by atoms with Crippen LogP contribution in [-0.2, 0) is 10.0 Å². The van der Waals surface area contributed by atoms with Crippen molar-refractivity contribution in [1.82, 2.24) is 15.4 Å². The lowest BCUT2D eigenvalue weighted by Gasteiger charge is -2.12. The minimum Gasteiger partial charge on any atom is -0.356 e. The first-order valence-electron chi connectivity index (χ1n) is 7.67. The number of nitrogens with zero attached hydrogens (tertiary/aromatic N) is 1. The smallest absolute Gasteiger partial charge is 0.211 e. The number of sulfonamides is 1. The van der Waals surface area contributed by atoms with Crippen molar-refractivity contribution in [1.29, 1.82) is 0 Å². The van der Waals surface area contributed by atoms with Crippen LogP contribution in [0.5, 0.6) is 0 Å². The molecule has 1 rings (SSSR count). The minimum atomic E-state index is -3.10. The summed E-state index contributed by atoms with van der Waals surface area (Å²) in [6, 6.07) is 10.3. The van der Waals surface area contributed by atoms with Crippen LogP contribution in [0.3, 0.4) is 0 Å². The van der Waals surface area contributed by atoms with Gasteiger partial charge in [0, 0.05) is 37.3 Å². The molecule has 0 radical (unpaired) electrons. The van der Waals surface area contributed by atoms with Crippen molar-refractivity contribution in [3.63, 3.8) is 0 Å². The zero-order valence-corrected chi connectivity index (χ0v) is 15.3. The van der Waals surface area contributed by atoms with Gasteiger partial charge >= 0.3 is 0 Å². The fourth-order valence-electron chi connectivity index (χ4n) is 1.70. The molecular formula is C15H26N4O2S2. The van der Waals surface area contributed by atoms with Gasteiger partial charge < -0.3 is 10.6 Å². The van der Waals surface area contributed by atoms with E-state index in [1.807, 2.05) is 18.2 Å². The van der Waals surface area contributed by atoms with Crippen LogP contribution < -0.4 is 15.4 Å². The summed E-state index contributed by atoms with van der Waals surface area (Å²) >= 11 is 1.79. The van der Waals surface area contributed by atoms with Crippen molar-refractivity contribution in [2.45, 2.75) is 18.2 Å². The molecule has 3 N–H and O–H groups in total. The fourth-order valence-corrected chi connectivity index (χ4v) is 3.15. The molecule has 0 amide bonds. The topological polar surface area (TPSA) is 82.6 Å². The molecule has 0 atom stereocenters. The van der Waals surface area contributed by atoms with Crippen molar-refractivity contribution >= 4 is 27.7 Å². The number of aliphatic imine (C=N–C) groups is 1. The Morgan fingerprint density at radius 1 is 1.13 bits per heavy atom. The lowest BCUT2D eigenvalue weighted by Crippen LogP contribution is -2.39. The zero-order valence-electron chi connectivity index (χ0n) is 13.7. The molecule has 8 heteroatoms. The summed E-state index contributed by atoms with van der Waals surface area (Å²) in [5, 5.41) is 6.40. The molecule has 0 spiro atoms. The first-order valence-corrected chi connectivity index (χ1v) is 10.3. The highest BCUT2D eigenvalue weighted by Crippen LogP contribution is 2.15. The van der Waals surface area contributed by atoms with Crippen LogP contribution in [-0.4, -0.2) is 52.6 Å². The first kappa shape index (κ1) is 19.8. The number of benzene rings is 1. The van der Waals surface area contributed by atoms with Gasteiger partial charge in [0.1, 0.15) is 0 Å². The molecule has 23 heavy (non-hydrogen) atoms. The molecule has 1 aromatic rings. The average molecular weight is 359 g/mol. The molecule has 0 heterocycles. The standard InChI is InChI=1S/C15H26N4O2S2/c1-3-23(20,21)19-11-7-10-17-15(16-2)18-12-13-22-14-8-5-4-6-9-14/h4-6,8-9,19H,3,7,10-13H2,1-2H3,(H2,16,17,18). The van der Waals surface area contributed by atoms with E-state index in [4.69, 9.17) is 0 Å². The zero-order chi connectivity index (χ0) is 17.0. The van der Waals surface area contributed by atoms with Gasteiger partial charge in [0.15, 0.2) is 5.96 Å². The number of guanidine groups is 1. The maximum absolute atomic E-state index is 11.3. The summed E-state index contributed by atoms with van der Waals surface area (Å²) in [4.78, 5) is 5.39. The van der Waals surface area contributed by atoms with E-state index in [0.29, 0.717) is 19.5 Å². The molecule has 6 nitrogen and oxygen atoms in total. The second kappa shape index (κ2) is 11.3. The lowest BCUT2D eigenvalue weighted by atomic mass is 10.4. The molecule has 0 aliphatic heterocycles. The quantitative estimate of drug-likeness (QED) is 0.254. The van der Waals surface area contributed by atoms with Gasteiger partial charge in [-0.1, -0.05) is 18.2 Å². The summed E-state index contributed by atoms with van der Waals surface area (Å²) in [6.07, 6.45) is 0.707. The van der Waals surface area contributed by atoms with Gasteiger partial charge in [0.2, 0.25) is 10.0 Å². The molecular weight excluding hydrogens is 332 g/mol. The summed E-state index contributed by atoms with van der Waals surface area (Å²) in [7, 11) is -1.37. The highest BCUT2D eigenvalue weighted by molar-refractivity contribution is 7.99. The molecule has 1 aromatic carbocycles. The molecule has 0 bridgehead atoms. The predicted molar refractivity (Wildman–Crippen MR) is 98.6 cm³/mol. The normalized spacial score (nSPS) is 12.2. The number of nitrogens with one attached hydrogen (secondary N) is 3. The Bertz CT molecular complexity index is 562. The first-order chi connectivity index (χ1) is 11.1. The molecule has 0 saturated heterocycles. The Labute approximate surface area is 143 Å². The SMILES string of the molecule is CCS(=O)(=O)NCCCNC(=NC)NCCSc1ccccc1. The van der Waals surface area contributed by atoms with Gasteiger partial charge in [-0.15, -0.1) is 11.8 Å². The Balaban J connectivity index is 2.10. The third-order valence-electron chi connectivity index (χ3n) is 2.98. The Morgan fingerprint density at radius 3 is 2.48 bits per heavy atom. The van der Waals surface area contributed by atoms with Crippen molar-refractivity contribution in [3.05, 3.63) is 30.3 Å². The third kappa shape index (κ3) is 9.47.